The van der Waals surface area contributed by atoms with Gasteiger partial charge in [0.05, 0.1) is 12.7 Å². The average molecular weight is 363 g/mol. The van der Waals surface area contributed by atoms with Crippen molar-refractivity contribution in [2.45, 2.75) is 13.1 Å². The van der Waals surface area contributed by atoms with Gasteiger partial charge in [-0.25, -0.2) is 0 Å². The quantitative estimate of drug-likeness (QED) is 0.633. The molecule has 136 valence electrons. The van der Waals surface area contributed by atoms with E-state index in [0.29, 0.717) is 16.9 Å². The second-order valence-corrected chi connectivity index (χ2v) is 5.48. The molecule has 0 spiro atoms. The molecule has 0 aromatic heterocycles. The zero-order chi connectivity index (χ0) is 19.3. The Morgan fingerprint density at radius 3 is 2.50 bits per heavy atom. The zero-order valence-electron chi connectivity index (χ0n) is 14.1. The minimum Gasteiger partial charge on any atom is -0.496 e. The van der Waals surface area contributed by atoms with E-state index in [1.807, 2.05) is 13.0 Å². The van der Waals surface area contributed by atoms with Gasteiger partial charge in [0.25, 0.3) is 0 Å². The number of amides is 1. The Bertz CT molecular complexity index is 857. The zero-order valence-corrected chi connectivity index (χ0v) is 14.1. The summed E-state index contributed by atoms with van der Waals surface area (Å²) in [6.07, 6.45) is -2.22. The Labute approximate surface area is 148 Å². The van der Waals surface area contributed by atoms with Crippen molar-refractivity contribution in [3.8, 4) is 5.75 Å². The van der Waals surface area contributed by atoms with Gasteiger partial charge in [0.15, 0.2) is 5.78 Å². The van der Waals surface area contributed by atoms with Gasteiger partial charge in [-0.3, -0.25) is 9.59 Å². The topological polar surface area (TPSA) is 55.4 Å². The highest BCUT2D eigenvalue weighted by Crippen LogP contribution is 2.22. The van der Waals surface area contributed by atoms with E-state index in [0.717, 1.165) is 5.56 Å². The van der Waals surface area contributed by atoms with Gasteiger partial charge in [-0.15, -0.1) is 0 Å². The molecule has 7 heteroatoms. The maximum atomic E-state index is 12.4. The van der Waals surface area contributed by atoms with Crippen LogP contribution < -0.4 is 10.1 Å². The normalized spacial score (nSPS) is 11.4. The van der Waals surface area contributed by atoms with Crippen LogP contribution in [-0.2, 0) is 4.79 Å². The van der Waals surface area contributed by atoms with Crippen molar-refractivity contribution < 1.29 is 27.5 Å². The maximum Gasteiger partial charge on any atom is 0.471 e. The Kier molecular flexibility index (Phi) is 5.82. The number of methoxy groups -OCH3 is 1. The lowest BCUT2D eigenvalue weighted by Gasteiger charge is -2.08. The minimum atomic E-state index is -4.97. The largest absolute Gasteiger partial charge is 0.496 e. The average Bonchev–Trinajstić information content (AvgIpc) is 2.59. The van der Waals surface area contributed by atoms with Crippen LogP contribution in [-0.4, -0.2) is 25.0 Å². The van der Waals surface area contributed by atoms with Crippen LogP contribution in [0, 0.1) is 6.92 Å². The van der Waals surface area contributed by atoms with Crippen molar-refractivity contribution in [3.05, 3.63) is 65.2 Å². The fourth-order valence-corrected chi connectivity index (χ4v) is 2.20. The van der Waals surface area contributed by atoms with Crippen molar-refractivity contribution in [2.24, 2.45) is 0 Å². The SMILES string of the molecule is COc1ccc(C)cc1C(=O)/C=C/c1cccc(NC(=O)C(F)(F)F)c1. The Hall–Kier alpha value is -3.09. The highest BCUT2D eigenvalue weighted by atomic mass is 19.4. The van der Waals surface area contributed by atoms with Crippen LogP contribution in [0.15, 0.2) is 48.5 Å². The Morgan fingerprint density at radius 2 is 1.85 bits per heavy atom. The molecule has 0 aliphatic heterocycles. The first kappa shape index (κ1) is 19.2. The van der Waals surface area contributed by atoms with Gasteiger partial charge >= 0.3 is 12.1 Å². The van der Waals surface area contributed by atoms with Gasteiger partial charge in [-0.2, -0.15) is 13.2 Å². The smallest absolute Gasteiger partial charge is 0.471 e. The van der Waals surface area contributed by atoms with Gasteiger partial charge < -0.3 is 10.1 Å². The van der Waals surface area contributed by atoms with Gasteiger partial charge in [0, 0.05) is 5.69 Å². The number of allylic oxidation sites excluding steroid dienone is 1. The molecule has 4 nitrogen and oxygen atoms in total. The Morgan fingerprint density at radius 1 is 1.12 bits per heavy atom. The standard InChI is InChI=1S/C19H16F3NO3/c1-12-6-9-17(26-2)15(10-12)16(24)8-7-13-4-3-5-14(11-13)23-18(25)19(20,21)22/h3-11H,1-2H3,(H,23,25)/b8-7+. The maximum absolute atomic E-state index is 12.4. The minimum absolute atomic E-state index is 0.0185. The summed E-state index contributed by atoms with van der Waals surface area (Å²) >= 11 is 0. The molecule has 0 unspecified atom stereocenters. The molecule has 2 aromatic carbocycles. The molecule has 0 saturated heterocycles. The van der Waals surface area contributed by atoms with E-state index in [1.165, 1.54) is 37.5 Å². The van der Waals surface area contributed by atoms with Crippen LogP contribution >= 0.6 is 0 Å². The lowest BCUT2D eigenvalue weighted by molar-refractivity contribution is -0.167. The van der Waals surface area contributed by atoms with Crippen LogP contribution in [0.3, 0.4) is 0 Å². The van der Waals surface area contributed by atoms with Crippen molar-refractivity contribution in [1.82, 2.24) is 0 Å². The number of hydrogen-bond donors (Lipinski definition) is 1. The van der Waals surface area contributed by atoms with Crippen molar-refractivity contribution >= 4 is 23.5 Å². The third kappa shape index (κ3) is 4.95. The molecule has 0 radical (unpaired) electrons. The fraction of sp³-hybridized carbons (Fsp3) is 0.158. The molecule has 0 heterocycles. The number of aryl methyl sites for hydroxylation is 1. The van der Waals surface area contributed by atoms with Crippen molar-refractivity contribution in [3.63, 3.8) is 0 Å². The third-order valence-electron chi connectivity index (χ3n) is 3.45. The molecule has 0 atom stereocenters. The van der Waals surface area contributed by atoms with Gasteiger partial charge in [-0.1, -0.05) is 29.8 Å². The molecular formula is C19H16F3NO3. The summed E-state index contributed by atoms with van der Waals surface area (Å²) < 4.78 is 42.1. The van der Waals surface area contributed by atoms with Crippen LogP contribution in [0.4, 0.5) is 18.9 Å². The summed E-state index contributed by atoms with van der Waals surface area (Å²) in [6.45, 7) is 1.84. The predicted molar refractivity (Wildman–Crippen MR) is 92.2 cm³/mol. The molecular weight excluding hydrogens is 347 g/mol. The highest BCUT2D eigenvalue weighted by molar-refractivity contribution is 6.08. The molecule has 2 rings (SSSR count). The predicted octanol–water partition coefficient (Wildman–Crippen LogP) is 4.40. The fourth-order valence-electron chi connectivity index (χ4n) is 2.20. The van der Waals surface area contributed by atoms with Crippen LogP contribution in [0.5, 0.6) is 5.75 Å². The second kappa shape index (κ2) is 7.86. The second-order valence-electron chi connectivity index (χ2n) is 5.48. The number of ether oxygens (including phenoxy) is 1. The van der Waals surface area contributed by atoms with E-state index in [2.05, 4.69) is 0 Å². The number of anilines is 1. The van der Waals surface area contributed by atoms with Gasteiger partial charge in [-0.05, 0) is 42.8 Å². The van der Waals surface area contributed by atoms with E-state index in [1.54, 1.807) is 23.5 Å². The Balaban J connectivity index is 2.18. The summed E-state index contributed by atoms with van der Waals surface area (Å²) in [5.74, 6) is -1.94. The van der Waals surface area contributed by atoms with E-state index in [4.69, 9.17) is 4.74 Å². The highest BCUT2D eigenvalue weighted by Gasteiger charge is 2.38. The van der Waals surface area contributed by atoms with E-state index in [-0.39, 0.29) is 11.5 Å². The third-order valence-corrected chi connectivity index (χ3v) is 3.45. The molecule has 1 amide bonds. The van der Waals surface area contributed by atoms with Crippen molar-refractivity contribution in [2.75, 3.05) is 12.4 Å². The van der Waals surface area contributed by atoms with Crippen molar-refractivity contribution in [1.29, 1.82) is 0 Å². The number of carbonyl (C=O) groups is 2. The molecule has 0 aliphatic rings. The van der Waals surface area contributed by atoms with Gasteiger partial charge in [0.1, 0.15) is 5.75 Å². The number of rotatable bonds is 5. The number of ketones is 1. The molecule has 0 bridgehead atoms. The molecule has 0 aliphatic carbocycles. The first-order valence-corrected chi connectivity index (χ1v) is 7.56. The van der Waals surface area contributed by atoms with Crippen LogP contribution in [0.25, 0.3) is 6.08 Å². The number of carbonyl (C=O) groups excluding carboxylic acids is 2. The summed E-state index contributed by atoms with van der Waals surface area (Å²) in [5.41, 5.74) is 1.71. The van der Waals surface area contributed by atoms with E-state index < -0.39 is 12.1 Å². The monoisotopic (exact) mass is 363 g/mol. The summed E-state index contributed by atoms with van der Waals surface area (Å²) in [6, 6.07) is 10.9. The van der Waals surface area contributed by atoms with E-state index in [9.17, 15) is 22.8 Å². The van der Waals surface area contributed by atoms with Crippen LogP contribution in [0.2, 0.25) is 0 Å². The number of halogens is 3. The lowest BCUT2D eigenvalue weighted by Crippen LogP contribution is -2.29. The lowest BCUT2D eigenvalue weighted by atomic mass is 10.1. The number of nitrogens with one attached hydrogen (secondary N) is 1. The molecule has 0 fully saturated rings. The van der Waals surface area contributed by atoms with Gasteiger partial charge in [0.2, 0.25) is 0 Å². The number of hydrogen-bond acceptors (Lipinski definition) is 3. The summed E-state index contributed by atoms with van der Waals surface area (Å²) in [5, 5.41) is 1.76. The van der Waals surface area contributed by atoms with E-state index >= 15 is 0 Å². The summed E-state index contributed by atoms with van der Waals surface area (Å²) in [4.78, 5) is 23.3. The first-order valence-electron chi connectivity index (χ1n) is 7.56. The first-order chi connectivity index (χ1) is 12.2. The number of alkyl halides is 3. The molecule has 0 saturated carbocycles. The summed E-state index contributed by atoms with van der Waals surface area (Å²) in [7, 11) is 1.46. The molecule has 2 aromatic rings. The molecule has 1 N–H and O–H groups in total. The molecule has 26 heavy (non-hydrogen) atoms. The number of benzene rings is 2. The van der Waals surface area contributed by atoms with Crippen LogP contribution in [0.1, 0.15) is 21.5 Å².